The molecule has 0 aliphatic heterocycles. The normalized spacial score (nSPS) is 13.9. The lowest BCUT2D eigenvalue weighted by molar-refractivity contribution is -0.142. The van der Waals surface area contributed by atoms with Crippen LogP contribution >= 0.6 is 0 Å². The van der Waals surface area contributed by atoms with Crippen LogP contribution in [0.5, 0.6) is 0 Å². The molecule has 0 heterocycles. The summed E-state index contributed by atoms with van der Waals surface area (Å²) in [6.07, 6.45) is -1.20. The van der Waals surface area contributed by atoms with Crippen molar-refractivity contribution in [3.63, 3.8) is 0 Å². The average molecular weight is 273 g/mol. The Bertz CT molecular complexity index is 440. The van der Waals surface area contributed by atoms with Crippen molar-refractivity contribution in [1.82, 2.24) is 5.32 Å². The van der Waals surface area contributed by atoms with Crippen LogP contribution in [0.15, 0.2) is 18.2 Å². The van der Waals surface area contributed by atoms with Gasteiger partial charge in [-0.15, -0.1) is 0 Å². The van der Waals surface area contributed by atoms with E-state index in [1.807, 2.05) is 6.92 Å². The maximum Gasteiger partial charge on any atom is 0.307 e. The number of halogens is 2. The number of likely N-dealkylation sites (N-methyl/N-ethyl adjacent to an activating group) is 1. The van der Waals surface area contributed by atoms with E-state index in [4.69, 9.17) is 0 Å². The summed E-state index contributed by atoms with van der Waals surface area (Å²) in [4.78, 5) is 11.2. The number of ether oxygens (including phenoxy) is 1. The van der Waals surface area contributed by atoms with E-state index in [-0.39, 0.29) is 12.0 Å². The first kappa shape index (κ1) is 15.5. The minimum absolute atomic E-state index is 0.0650. The van der Waals surface area contributed by atoms with Gasteiger partial charge in [0.05, 0.1) is 19.6 Å². The summed E-state index contributed by atoms with van der Waals surface area (Å²) < 4.78 is 30.5. The number of hydrogen-bond donors (Lipinski definition) is 2. The summed E-state index contributed by atoms with van der Waals surface area (Å²) in [6.45, 7) is 2.32. The summed E-state index contributed by atoms with van der Waals surface area (Å²) in [5.41, 5.74) is 0.203. The van der Waals surface area contributed by atoms with E-state index in [9.17, 15) is 18.7 Å². The van der Waals surface area contributed by atoms with Crippen LogP contribution in [0.4, 0.5) is 8.78 Å². The van der Waals surface area contributed by atoms with Crippen molar-refractivity contribution in [3.8, 4) is 0 Å². The van der Waals surface area contributed by atoms with Crippen LogP contribution < -0.4 is 5.32 Å². The SMILES string of the molecule is CCNC(CC(=O)OC)C(O)c1ccc(F)c(F)c1. The molecule has 1 rings (SSSR count). The van der Waals surface area contributed by atoms with Crippen LogP contribution in [0, 0.1) is 11.6 Å². The Hall–Kier alpha value is -1.53. The minimum Gasteiger partial charge on any atom is -0.469 e. The van der Waals surface area contributed by atoms with Gasteiger partial charge in [0.2, 0.25) is 0 Å². The van der Waals surface area contributed by atoms with Crippen molar-refractivity contribution in [2.45, 2.75) is 25.5 Å². The van der Waals surface area contributed by atoms with Gasteiger partial charge in [0.15, 0.2) is 11.6 Å². The van der Waals surface area contributed by atoms with Gasteiger partial charge in [0.1, 0.15) is 0 Å². The fourth-order valence-corrected chi connectivity index (χ4v) is 1.75. The average Bonchev–Trinajstić information content (AvgIpc) is 2.40. The fourth-order valence-electron chi connectivity index (χ4n) is 1.75. The second kappa shape index (κ2) is 7.16. The summed E-state index contributed by atoms with van der Waals surface area (Å²) >= 11 is 0. The van der Waals surface area contributed by atoms with Crippen molar-refractivity contribution in [2.75, 3.05) is 13.7 Å². The molecule has 0 saturated heterocycles. The molecule has 0 spiro atoms. The maximum atomic E-state index is 13.1. The predicted octanol–water partition coefficient (Wildman–Crippen LogP) is 1.54. The van der Waals surface area contributed by atoms with E-state index in [0.717, 1.165) is 12.1 Å². The molecular weight excluding hydrogens is 256 g/mol. The predicted molar refractivity (Wildman–Crippen MR) is 65.4 cm³/mol. The van der Waals surface area contributed by atoms with Crippen molar-refractivity contribution in [3.05, 3.63) is 35.4 Å². The van der Waals surface area contributed by atoms with E-state index < -0.39 is 29.7 Å². The summed E-state index contributed by atoms with van der Waals surface area (Å²) in [5, 5.41) is 13.0. The molecule has 6 heteroatoms. The number of esters is 1. The van der Waals surface area contributed by atoms with Gasteiger partial charge in [-0.05, 0) is 24.2 Å². The molecule has 0 amide bonds. The van der Waals surface area contributed by atoms with Gasteiger partial charge in [-0.3, -0.25) is 4.79 Å². The van der Waals surface area contributed by atoms with Crippen LogP contribution in [-0.4, -0.2) is 30.8 Å². The lowest BCUT2D eigenvalue weighted by Crippen LogP contribution is -2.37. The minimum atomic E-state index is -1.13. The molecule has 2 atom stereocenters. The van der Waals surface area contributed by atoms with Gasteiger partial charge < -0.3 is 15.2 Å². The van der Waals surface area contributed by atoms with Gasteiger partial charge in [0.25, 0.3) is 0 Å². The Morgan fingerprint density at radius 2 is 2.11 bits per heavy atom. The lowest BCUT2D eigenvalue weighted by Gasteiger charge is -2.23. The third-order valence-electron chi connectivity index (χ3n) is 2.75. The fraction of sp³-hybridized carbons (Fsp3) is 0.462. The molecular formula is C13H17F2NO3. The molecule has 2 N–H and O–H groups in total. The number of carbonyl (C=O) groups excluding carboxylic acids is 1. The van der Waals surface area contributed by atoms with Crippen LogP contribution in [0.2, 0.25) is 0 Å². The summed E-state index contributed by atoms with van der Waals surface area (Å²) in [5.74, 6) is -2.51. The maximum absolute atomic E-state index is 13.1. The second-order valence-electron chi connectivity index (χ2n) is 4.06. The first-order chi connectivity index (χ1) is 8.99. The number of benzene rings is 1. The second-order valence-corrected chi connectivity index (χ2v) is 4.06. The molecule has 19 heavy (non-hydrogen) atoms. The number of aliphatic hydroxyl groups excluding tert-OH is 1. The topological polar surface area (TPSA) is 58.6 Å². The Kier molecular flexibility index (Phi) is 5.85. The van der Waals surface area contributed by atoms with Gasteiger partial charge in [-0.2, -0.15) is 0 Å². The Morgan fingerprint density at radius 3 is 2.63 bits per heavy atom. The highest BCUT2D eigenvalue weighted by atomic mass is 19.2. The van der Waals surface area contributed by atoms with E-state index in [0.29, 0.717) is 6.54 Å². The van der Waals surface area contributed by atoms with E-state index in [2.05, 4.69) is 10.1 Å². The molecule has 0 saturated carbocycles. The number of hydrogen-bond acceptors (Lipinski definition) is 4. The summed E-state index contributed by atoms with van der Waals surface area (Å²) in [6, 6.07) is 2.52. The largest absolute Gasteiger partial charge is 0.469 e. The molecule has 0 fully saturated rings. The molecule has 106 valence electrons. The van der Waals surface area contributed by atoms with Crippen LogP contribution in [0.1, 0.15) is 25.0 Å². The van der Waals surface area contributed by atoms with E-state index in [1.165, 1.54) is 13.2 Å². The van der Waals surface area contributed by atoms with Gasteiger partial charge in [-0.1, -0.05) is 13.0 Å². The number of carbonyl (C=O) groups is 1. The summed E-state index contributed by atoms with van der Waals surface area (Å²) in [7, 11) is 1.25. The molecule has 0 aliphatic rings. The van der Waals surface area contributed by atoms with E-state index in [1.54, 1.807) is 0 Å². The Labute approximate surface area is 110 Å². The third-order valence-corrected chi connectivity index (χ3v) is 2.75. The van der Waals surface area contributed by atoms with Crippen LogP contribution in [-0.2, 0) is 9.53 Å². The smallest absolute Gasteiger partial charge is 0.307 e. The number of nitrogens with one attached hydrogen (secondary N) is 1. The monoisotopic (exact) mass is 273 g/mol. The molecule has 0 aromatic heterocycles. The highest BCUT2D eigenvalue weighted by molar-refractivity contribution is 5.70. The van der Waals surface area contributed by atoms with Crippen molar-refractivity contribution >= 4 is 5.97 Å². The standard InChI is InChI=1S/C13H17F2NO3/c1-3-16-11(7-12(17)19-2)13(18)8-4-5-9(14)10(15)6-8/h4-6,11,13,16,18H,3,7H2,1-2H3. The lowest BCUT2D eigenvalue weighted by atomic mass is 9.99. The van der Waals surface area contributed by atoms with Crippen LogP contribution in [0.3, 0.4) is 0 Å². The third kappa shape index (κ3) is 4.25. The zero-order valence-electron chi connectivity index (χ0n) is 10.8. The highest BCUT2D eigenvalue weighted by Gasteiger charge is 2.24. The first-order valence-corrected chi connectivity index (χ1v) is 5.92. The molecule has 0 radical (unpaired) electrons. The van der Waals surface area contributed by atoms with Crippen LogP contribution in [0.25, 0.3) is 0 Å². The van der Waals surface area contributed by atoms with Crippen molar-refractivity contribution in [2.24, 2.45) is 0 Å². The van der Waals surface area contributed by atoms with Crippen molar-refractivity contribution < 1.29 is 23.4 Å². The van der Waals surface area contributed by atoms with Gasteiger partial charge >= 0.3 is 5.97 Å². The number of methoxy groups -OCH3 is 1. The quantitative estimate of drug-likeness (QED) is 0.772. The van der Waals surface area contributed by atoms with E-state index >= 15 is 0 Å². The highest BCUT2D eigenvalue weighted by Crippen LogP contribution is 2.21. The first-order valence-electron chi connectivity index (χ1n) is 5.92. The van der Waals surface area contributed by atoms with Gasteiger partial charge in [0, 0.05) is 6.04 Å². The number of rotatable bonds is 6. The van der Waals surface area contributed by atoms with Crippen molar-refractivity contribution in [1.29, 1.82) is 0 Å². The number of aliphatic hydroxyl groups is 1. The molecule has 2 unspecified atom stereocenters. The molecule has 1 aromatic carbocycles. The zero-order chi connectivity index (χ0) is 14.4. The molecule has 0 bridgehead atoms. The van der Waals surface area contributed by atoms with Gasteiger partial charge in [-0.25, -0.2) is 8.78 Å². The molecule has 1 aromatic rings. The molecule has 4 nitrogen and oxygen atoms in total. The Balaban J connectivity index is 2.88. The Morgan fingerprint density at radius 1 is 1.42 bits per heavy atom. The zero-order valence-corrected chi connectivity index (χ0v) is 10.8. The molecule has 0 aliphatic carbocycles.